The Hall–Kier alpha value is -0.570. The Balaban J connectivity index is 2.42. The van der Waals surface area contributed by atoms with Gasteiger partial charge in [-0.2, -0.15) is 0 Å². The molecular formula is C12H24N2O. The van der Waals surface area contributed by atoms with Crippen LogP contribution < -0.4 is 11.1 Å². The van der Waals surface area contributed by atoms with Gasteiger partial charge in [0, 0.05) is 12.6 Å². The van der Waals surface area contributed by atoms with E-state index in [9.17, 15) is 4.79 Å². The molecule has 15 heavy (non-hydrogen) atoms. The molecule has 3 nitrogen and oxygen atoms in total. The van der Waals surface area contributed by atoms with Crippen LogP contribution in [0, 0.1) is 5.41 Å². The maximum atomic E-state index is 11.5. The summed E-state index contributed by atoms with van der Waals surface area (Å²) in [6, 6.07) is 0.492. The van der Waals surface area contributed by atoms with Crippen molar-refractivity contribution in [3.8, 4) is 0 Å². The molecule has 0 heterocycles. The summed E-state index contributed by atoms with van der Waals surface area (Å²) in [4.78, 5) is 11.5. The van der Waals surface area contributed by atoms with E-state index < -0.39 is 0 Å². The van der Waals surface area contributed by atoms with Crippen LogP contribution in [0.15, 0.2) is 0 Å². The van der Waals surface area contributed by atoms with Crippen molar-refractivity contribution in [1.29, 1.82) is 0 Å². The second-order valence-corrected chi connectivity index (χ2v) is 4.92. The van der Waals surface area contributed by atoms with Gasteiger partial charge in [0.2, 0.25) is 5.91 Å². The summed E-state index contributed by atoms with van der Waals surface area (Å²) < 4.78 is 0. The molecular weight excluding hydrogens is 188 g/mol. The average Bonchev–Trinajstić information content (AvgIpc) is 2.65. The second kappa shape index (κ2) is 5.50. The van der Waals surface area contributed by atoms with Crippen molar-refractivity contribution >= 4 is 5.91 Å². The molecule has 3 N–H and O–H groups in total. The van der Waals surface area contributed by atoms with Crippen molar-refractivity contribution in [3.63, 3.8) is 0 Å². The first kappa shape index (κ1) is 12.5. The number of nitrogens with two attached hydrogens (primary N) is 1. The molecule has 0 aromatic heterocycles. The van der Waals surface area contributed by atoms with Gasteiger partial charge in [-0.3, -0.25) is 4.79 Å². The van der Waals surface area contributed by atoms with Crippen molar-refractivity contribution in [2.24, 2.45) is 11.1 Å². The number of rotatable bonds is 6. The summed E-state index contributed by atoms with van der Waals surface area (Å²) in [5, 5.41) is 3.45. The van der Waals surface area contributed by atoms with Gasteiger partial charge >= 0.3 is 0 Å². The molecule has 1 atom stereocenters. The third-order valence-electron chi connectivity index (χ3n) is 3.59. The van der Waals surface area contributed by atoms with E-state index in [4.69, 9.17) is 5.73 Å². The monoisotopic (exact) mass is 212 g/mol. The predicted molar refractivity (Wildman–Crippen MR) is 62.5 cm³/mol. The summed E-state index contributed by atoms with van der Waals surface area (Å²) in [5.41, 5.74) is 5.27. The van der Waals surface area contributed by atoms with E-state index in [1.54, 1.807) is 0 Å². The molecule has 0 aliphatic heterocycles. The maximum absolute atomic E-state index is 11.5. The van der Waals surface area contributed by atoms with E-state index in [0.29, 0.717) is 6.04 Å². The first-order chi connectivity index (χ1) is 7.10. The maximum Gasteiger partial charge on any atom is 0.224 e. The molecule has 1 saturated carbocycles. The highest BCUT2D eigenvalue weighted by Crippen LogP contribution is 2.37. The molecule has 1 aliphatic carbocycles. The number of carbonyl (C=O) groups is 1. The number of carbonyl (C=O) groups excluding carboxylic acids is 1. The van der Waals surface area contributed by atoms with Crippen molar-refractivity contribution in [1.82, 2.24) is 5.32 Å². The van der Waals surface area contributed by atoms with Gasteiger partial charge in [0.1, 0.15) is 0 Å². The Morgan fingerprint density at radius 2 is 2.07 bits per heavy atom. The molecule has 1 amide bonds. The summed E-state index contributed by atoms with van der Waals surface area (Å²) in [5.74, 6) is -0.115. The topological polar surface area (TPSA) is 55.1 Å². The molecule has 1 unspecified atom stereocenters. The summed E-state index contributed by atoms with van der Waals surface area (Å²) in [7, 11) is 0. The molecule has 0 spiro atoms. The van der Waals surface area contributed by atoms with Gasteiger partial charge in [0.05, 0.1) is 5.41 Å². The van der Waals surface area contributed by atoms with E-state index in [0.717, 1.165) is 38.6 Å². The zero-order valence-electron chi connectivity index (χ0n) is 10.0. The largest absolute Gasteiger partial charge is 0.369 e. The predicted octanol–water partition coefficient (Wildman–Crippen LogP) is 1.81. The summed E-state index contributed by atoms with van der Waals surface area (Å²) >= 11 is 0. The van der Waals surface area contributed by atoms with Crippen LogP contribution in [0.2, 0.25) is 0 Å². The van der Waals surface area contributed by atoms with Crippen LogP contribution in [-0.2, 0) is 4.79 Å². The smallest absolute Gasteiger partial charge is 0.224 e. The van der Waals surface area contributed by atoms with Crippen molar-refractivity contribution < 1.29 is 4.79 Å². The van der Waals surface area contributed by atoms with Crippen molar-refractivity contribution in [2.75, 3.05) is 6.54 Å². The quantitative estimate of drug-likeness (QED) is 0.705. The van der Waals surface area contributed by atoms with Crippen LogP contribution in [0.3, 0.4) is 0 Å². The van der Waals surface area contributed by atoms with Gasteiger partial charge in [0.25, 0.3) is 0 Å². The van der Waals surface area contributed by atoms with Crippen LogP contribution in [0.5, 0.6) is 0 Å². The third kappa shape index (κ3) is 3.20. The molecule has 88 valence electrons. The highest BCUT2D eigenvalue weighted by Gasteiger charge is 2.39. The Morgan fingerprint density at radius 3 is 2.53 bits per heavy atom. The molecule has 1 aliphatic rings. The summed E-state index contributed by atoms with van der Waals surface area (Å²) in [6.45, 7) is 5.12. The standard InChI is InChI=1S/C12H24N2O/c1-3-6-10(2)14-9-12(11(13)15)7-4-5-8-12/h10,14H,3-9H2,1-2H3,(H2,13,15). The van der Waals surface area contributed by atoms with Crippen LogP contribution in [-0.4, -0.2) is 18.5 Å². The normalized spacial score (nSPS) is 21.5. The van der Waals surface area contributed by atoms with Gasteiger partial charge in [-0.05, 0) is 26.2 Å². The molecule has 0 radical (unpaired) electrons. The summed E-state index contributed by atoms with van der Waals surface area (Å²) in [6.07, 6.45) is 6.56. The van der Waals surface area contributed by atoms with E-state index in [1.807, 2.05) is 0 Å². The lowest BCUT2D eigenvalue weighted by Crippen LogP contribution is -2.45. The Bertz CT molecular complexity index is 210. The zero-order valence-corrected chi connectivity index (χ0v) is 10.0. The van der Waals surface area contributed by atoms with Crippen LogP contribution in [0.1, 0.15) is 52.4 Å². The van der Waals surface area contributed by atoms with Gasteiger partial charge < -0.3 is 11.1 Å². The first-order valence-electron chi connectivity index (χ1n) is 6.14. The van der Waals surface area contributed by atoms with E-state index in [1.165, 1.54) is 6.42 Å². The fraction of sp³-hybridized carbons (Fsp3) is 0.917. The lowest BCUT2D eigenvalue weighted by molar-refractivity contribution is -0.127. The number of hydrogen-bond donors (Lipinski definition) is 2. The first-order valence-corrected chi connectivity index (χ1v) is 6.14. The second-order valence-electron chi connectivity index (χ2n) is 4.92. The average molecular weight is 212 g/mol. The van der Waals surface area contributed by atoms with Crippen molar-refractivity contribution in [3.05, 3.63) is 0 Å². The zero-order chi connectivity index (χ0) is 11.3. The van der Waals surface area contributed by atoms with Gasteiger partial charge in [-0.25, -0.2) is 0 Å². The van der Waals surface area contributed by atoms with E-state index >= 15 is 0 Å². The fourth-order valence-electron chi connectivity index (χ4n) is 2.47. The highest BCUT2D eigenvalue weighted by atomic mass is 16.1. The minimum Gasteiger partial charge on any atom is -0.369 e. The number of hydrogen-bond acceptors (Lipinski definition) is 2. The lowest BCUT2D eigenvalue weighted by Gasteiger charge is -2.27. The van der Waals surface area contributed by atoms with Crippen LogP contribution >= 0.6 is 0 Å². The third-order valence-corrected chi connectivity index (χ3v) is 3.59. The minimum atomic E-state index is -0.248. The molecule has 0 bridgehead atoms. The molecule has 0 aromatic rings. The number of nitrogens with one attached hydrogen (secondary N) is 1. The highest BCUT2D eigenvalue weighted by molar-refractivity contribution is 5.81. The van der Waals surface area contributed by atoms with E-state index in [2.05, 4.69) is 19.2 Å². The van der Waals surface area contributed by atoms with Gasteiger partial charge in [0.15, 0.2) is 0 Å². The minimum absolute atomic E-state index is 0.115. The molecule has 0 aromatic carbocycles. The van der Waals surface area contributed by atoms with Crippen LogP contribution in [0.25, 0.3) is 0 Å². The number of primary amides is 1. The fourth-order valence-corrected chi connectivity index (χ4v) is 2.47. The molecule has 1 rings (SSSR count). The molecule has 1 fully saturated rings. The Labute approximate surface area is 92.8 Å². The Morgan fingerprint density at radius 1 is 1.47 bits per heavy atom. The van der Waals surface area contributed by atoms with Crippen molar-refractivity contribution in [2.45, 2.75) is 58.4 Å². The van der Waals surface area contributed by atoms with Gasteiger partial charge in [-0.15, -0.1) is 0 Å². The Kier molecular flexibility index (Phi) is 4.58. The lowest BCUT2D eigenvalue weighted by atomic mass is 9.85. The van der Waals surface area contributed by atoms with Gasteiger partial charge in [-0.1, -0.05) is 26.2 Å². The van der Waals surface area contributed by atoms with E-state index in [-0.39, 0.29) is 11.3 Å². The molecule has 3 heteroatoms. The molecule has 0 saturated heterocycles. The number of amides is 1. The van der Waals surface area contributed by atoms with Crippen LogP contribution in [0.4, 0.5) is 0 Å². The SMILES string of the molecule is CCCC(C)NCC1(C(N)=O)CCCC1.